The van der Waals surface area contributed by atoms with Gasteiger partial charge in [0.1, 0.15) is 11.6 Å². The maximum Gasteiger partial charge on any atom is 0.328 e. The molecule has 0 bridgehead atoms. The second-order valence-corrected chi connectivity index (χ2v) is 10.9. The number of barbiturate groups is 1. The highest BCUT2D eigenvalue weighted by molar-refractivity contribution is 7.89. The number of nitrogens with one attached hydrogen (secondary N) is 4. The summed E-state index contributed by atoms with van der Waals surface area (Å²) in [7, 11) is -3.69. The Bertz CT molecular complexity index is 1010. The van der Waals surface area contributed by atoms with Crippen molar-refractivity contribution in [2.45, 2.75) is 51.6 Å². The van der Waals surface area contributed by atoms with Crippen LogP contribution in [0.25, 0.3) is 0 Å². The molecule has 1 aliphatic carbocycles. The lowest BCUT2D eigenvalue weighted by Crippen LogP contribution is -2.63. The summed E-state index contributed by atoms with van der Waals surface area (Å²) in [6.45, 7) is 4.42. The highest BCUT2D eigenvalue weighted by Gasteiger charge is 2.33. The molecule has 1 saturated carbocycles. The van der Waals surface area contributed by atoms with E-state index in [1.54, 1.807) is 6.07 Å². The molecule has 12 heteroatoms. The number of carbonyl (C=O) groups excluding carboxylic acids is 3. The molecule has 0 aromatic heterocycles. The van der Waals surface area contributed by atoms with Crippen molar-refractivity contribution in [1.82, 2.24) is 20.7 Å². The molecule has 1 aromatic rings. The van der Waals surface area contributed by atoms with Crippen molar-refractivity contribution in [3.8, 4) is 5.75 Å². The second kappa shape index (κ2) is 11.2. The van der Waals surface area contributed by atoms with Crippen molar-refractivity contribution in [3.63, 3.8) is 0 Å². The van der Waals surface area contributed by atoms with Crippen LogP contribution in [0.4, 0.5) is 9.18 Å². The van der Waals surface area contributed by atoms with E-state index in [2.05, 4.69) is 10.0 Å². The topological polar surface area (TPSA) is 143 Å². The molecular weight excluding hydrogens is 467 g/mol. The van der Waals surface area contributed by atoms with Crippen LogP contribution in [-0.4, -0.2) is 51.2 Å². The molecule has 1 saturated heterocycles. The molecule has 0 radical (unpaired) electrons. The number of rotatable bonds is 13. The SMILES string of the molecule is CC(C)[C@@H](NS(=O)(=O)CCCCNC1C(=O)NC(=O)NC1=O)c1cc(F)cc(OCC2CC2)c1. The van der Waals surface area contributed by atoms with Crippen LogP contribution in [-0.2, 0) is 19.6 Å². The van der Waals surface area contributed by atoms with E-state index in [0.717, 1.165) is 12.8 Å². The van der Waals surface area contributed by atoms with Crippen molar-refractivity contribution in [1.29, 1.82) is 0 Å². The van der Waals surface area contributed by atoms with Crippen molar-refractivity contribution in [3.05, 3.63) is 29.6 Å². The lowest BCUT2D eigenvalue weighted by atomic mass is 9.97. The summed E-state index contributed by atoms with van der Waals surface area (Å²) in [6, 6.07) is 1.58. The molecule has 2 fully saturated rings. The zero-order valence-corrected chi connectivity index (χ0v) is 20.0. The molecule has 3 rings (SSSR count). The van der Waals surface area contributed by atoms with E-state index in [9.17, 15) is 27.2 Å². The molecule has 34 heavy (non-hydrogen) atoms. The monoisotopic (exact) mass is 498 g/mol. The number of ether oxygens (including phenoxy) is 1. The average molecular weight is 499 g/mol. The molecule has 4 N–H and O–H groups in total. The molecule has 4 amide bonds. The van der Waals surface area contributed by atoms with E-state index in [4.69, 9.17) is 4.74 Å². The zero-order chi connectivity index (χ0) is 24.9. The van der Waals surface area contributed by atoms with E-state index in [1.807, 2.05) is 24.5 Å². The molecule has 0 unspecified atom stereocenters. The van der Waals surface area contributed by atoms with Gasteiger partial charge in [0.25, 0.3) is 11.8 Å². The second-order valence-electron chi connectivity index (χ2n) is 9.03. The maximum atomic E-state index is 14.2. The first-order valence-corrected chi connectivity index (χ1v) is 13.0. The number of carbonyl (C=O) groups is 3. The van der Waals surface area contributed by atoms with Crippen LogP contribution in [0.5, 0.6) is 5.75 Å². The fraction of sp³-hybridized carbons (Fsp3) is 0.591. The van der Waals surface area contributed by atoms with Crippen LogP contribution in [0.1, 0.15) is 51.1 Å². The van der Waals surface area contributed by atoms with Gasteiger partial charge >= 0.3 is 6.03 Å². The summed E-state index contributed by atoms with van der Waals surface area (Å²) in [5.74, 6) is -1.42. The predicted molar refractivity (Wildman–Crippen MR) is 122 cm³/mol. The van der Waals surface area contributed by atoms with Crippen molar-refractivity contribution in [2.75, 3.05) is 18.9 Å². The third-order valence-electron chi connectivity index (χ3n) is 5.59. The van der Waals surface area contributed by atoms with Crippen LogP contribution in [0.15, 0.2) is 18.2 Å². The van der Waals surface area contributed by atoms with Gasteiger partial charge in [0.05, 0.1) is 12.4 Å². The highest BCUT2D eigenvalue weighted by Crippen LogP contribution is 2.31. The smallest absolute Gasteiger partial charge is 0.328 e. The Kier molecular flexibility index (Phi) is 8.61. The zero-order valence-electron chi connectivity index (χ0n) is 19.2. The molecular formula is C22H31FN4O6S. The van der Waals surface area contributed by atoms with Gasteiger partial charge in [-0.15, -0.1) is 0 Å². The van der Waals surface area contributed by atoms with Crippen molar-refractivity contribution >= 4 is 27.9 Å². The Hall–Kier alpha value is -2.57. The van der Waals surface area contributed by atoms with E-state index in [1.165, 1.54) is 12.1 Å². The third-order valence-corrected chi connectivity index (χ3v) is 7.03. The van der Waals surface area contributed by atoms with Gasteiger partial charge < -0.3 is 4.74 Å². The number of urea groups is 1. The van der Waals surface area contributed by atoms with Crippen LogP contribution in [0, 0.1) is 17.7 Å². The fourth-order valence-electron chi connectivity index (χ4n) is 3.55. The minimum Gasteiger partial charge on any atom is -0.493 e. The molecule has 1 atom stereocenters. The molecule has 0 spiro atoms. The fourth-order valence-corrected chi connectivity index (χ4v) is 5.05. The minimum absolute atomic E-state index is 0.138. The summed E-state index contributed by atoms with van der Waals surface area (Å²) in [5, 5.41) is 6.67. The number of unbranched alkanes of at least 4 members (excludes halogenated alkanes) is 1. The van der Waals surface area contributed by atoms with Gasteiger partial charge in [0.15, 0.2) is 6.04 Å². The average Bonchev–Trinajstić information content (AvgIpc) is 3.56. The lowest BCUT2D eigenvalue weighted by Gasteiger charge is -2.24. The molecule has 1 heterocycles. The van der Waals surface area contributed by atoms with Gasteiger partial charge in [-0.05, 0) is 61.8 Å². The van der Waals surface area contributed by atoms with Gasteiger partial charge in [0, 0.05) is 12.1 Å². The summed E-state index contributed by atoms with van der Waals surface area (Å²) >= 11 is 0. The Labute approximate surface area is 198 Å². The Morgan fingerprint density at radius 3 is 2.38 bits per heavy atom. The largest absolute Gasteiger partial charge is 0.493 e. The summed E-state index contributed by atoms with van der Waals surface area (Å²) in [5.41, 5.74) is 0.495. The lowest BCUT2D eigenvalue weighted by molar-refractivity contribution is -0.133. The molecule has 1 aliphatic heterocycles. The number of amides is 4. The van der Waals surface area contributed by atoms with E-state index < -0.39 is 45.8 Å². The van der Waals surface area contributed by atoms with Crippen LogP contribution in [0.3, 0.4) is 0 Å². The summed E-state index contributed by atoms with van der Waals surface area (Å²) < 4.78 is 47.9. The number of sulfonamides is 1. The van der Waals surface area contributed by atoms with Gasteiger partial charge in [-0.2, -0.15) is 0 Å². The number of halogens is 1. The summed E-state index contributed by atoms with van der Waals surface area (Å²) in [4.78, 5) is 34.4. The first kappa shape index (κ1) is 26.0. The van der Waals surface area contributed by atoms with Gasteiger partial charge in [-0.25, -0.2) is 22.3 Å². The number of imide groups is 2. The van der Waals surface area contributed by atoms with E-state index >= 15 is 0 Å². The summed E-state index contributed by atoms with van der Waals surface area (Å²) in [6.07, 6.45) is 2.85. The minimum atomic E-state index is -3.69. The standard InChI is InChI=1S/C22H31FN4O6S/c1-13(2)18(15-9-16(23)11-17(10-15)33-12-14-5-6-14)27-34(31,32)8-4-3-7-24-19-20(28)25-22(30)26-21(19)29/h9-11,13-14,18-19,24,27H,3-8,12H2,1-2H3,(H2,25,26,28,29,30)/t18-/m1/s1. The third kappa shape index (κ3) is 7.74. The molecule has 1 aromatic carbocycles. The van der Waals surface area contributed by atoms with Crippen LogP contribution in [0.2, 0.25) is 0 Å². The molecule has 188 valence electrons. The Morgan fingerprint density at radius 2 is 1.76 bits per heavy atom. The van der Waals surface area contributed by atoms with E-state index in [0.29, 0.717) is 30.3 Å². The highest BCUT2D eigenvalue weighted by atomic mass is 32.2. The van der Waals surface area contributed by atoms with Gasteiger partial charge in [-0.3, -0.25) is 25.5 Å². The van der Waals surface area contributed by atoms with Gasteiger partial charge in [0.2, 0.25) is 10.0 Å². The maximum absolute atomic E-state index is 14.2. The molecule has 2 aliphatic rings. The first-order valence-electron chi connectivity index (χ1n) is 11.4. The number of benzene rings is 1. The van der Waals surface area contributed by atoms with Crippen molar-refractivity contribution in [2.24, 2.45) is 11.8 Å². The quantitative estimate of drug-likeness (QED) is 0.237. The van der Waals surface area contributed by atoms with Crippen LogP contribution < -0.4 is 25.4 Å². The first-order chi connectivity index (χ1) is 16.0. The number of hydrogen-bond donors (Lipinski definition) is 4. The Morgan fingerprint density at radius 1 is 1.09 bits per heavy atom. The van der Waals surface area contributed by atoms with Crippen LogP contribution >= 0.6 is 0 Å². The number of hydrogen-bond acceptors (Lipinski definition) is 7. The van der Waals surface area contributed by atoms with Crippen molar-refractivity contribution < 1.29 is 31.9 Å². The van der Waals surface area contributed by atoms with E-state index in [-0.39, 0.29) is 24.6 Å². The predicted octanol–water partition coefficient (Wildman–Crippen LogP) is 1.34. The Balaban J connectivity index is 1.51. The normalized spacial score (nSPS) is 18.1. The van der Waals surface area contributed by atoms with Gasteiger partial charge in [-0.1, -0.05) is 13.8 Å². The molecule has 10 nitrogen and oxygen atoms in total.